The molecular weight excluding hydrogens is 587 g/mol. The number of carbonyl (C=O) groups is 3. The van der Waals surface area contributed by atoms with Crippen LogP contribution in [0.2, 0.25) is 10.4 Å². The molecule has 0 saturated carbocycles. The molecule has 46 heavy (non-hydrogen) atoms. The van der Waals surface area contributed by atoms with E-state index in [9.17, 15) is 24.6 Å². The largest absolute Gasteiger partial charge is 0.488 e. The lowest BCUT2D eigenvalue weighted by molar-refractivity contribution is -0.321. The lowest BCUT2D eigenvalue weighted by Gasteiger charge is -2.55. The van der Waals surface area contributed by atoms with E-state index in [0.29, 0.717) is 16.9 Å². The summed E-state index contributed by atoms with van der Waals surface area (Å²) >= 11 is 0. The molecule has 1 atom stereocenters. The number of hydrogen-bond acceptors (Lipinski definition) is 8. The van der Waals surface area contributed by atoms with Crippen LogP contribution >= 0.6 is 0 Å². The summed E-state index contributed by atoms with van der Waals surface area (Å²) in [6, 6.07) is 8.95. The lowest BCUT2D eigenvalue weighted by Crippen LogP contribution is -2.69. The standard InChI is InChI=1S/C30H43B5FN3O7/c1-25(2)14-38(15-26(3,4)46-25)29(43,44)18-10-9-17(21(36)11-18)13-45-22-8-6-7-19-20(22)12-39(23(19)41)28(33,24(42)37-5)30(34,35)27(31,32)16-40/h6-11,16,43-44H,12-15,31-35H2,1-5H3,(H,37,42). The number of carbonyl (C=O) groups excluding carboxylic acids is 3. The van der Waals surface area contributed by atoms with Gasteiger partial charge in [-0.1, -0.05) is 23.4 Å². The van der Waals surface area contributed by atoms with E-state index in [0.717, 1.165) is 12.4 Å². The third-order valence-corrected chi connectivity index (χ3v) is 10.2. The normalized spacial score (nSPS) is 19.7. The molecule has 2 aliphatic rings. The van der Waals surface area contributed by atoms with Crippen molar-refractivity contribution in [2.75, 3.05) is 20.1 Å². The summed E-state index contributed by atoms with van der Waals surface area (Å²) in [6.45, 7) is 7.70. The van der Waals surface area contributed by atoms with Gasteiger partial charge in [0.25, 0.3) is 11.8 Å². The zero-order valence-corrected chi connectivity index (χ0v) is 28.6. The summed E-state index contributed by atoms with van der Waals surface area (Å²) in [4.78, 5) is 42.4. The van der Waals surface area contributed by atoms with Crippen LogP contribution in [0.1, 0.15) is 54.7 Å². The minimum absolute atomic E-state index is 0.0292. The topological polar surface area (TPSA) is 129 Å². The van der Waals surface area contributed by atoms with Gasteiger partial charge in [0.2, 0.25) is 5.91 Å². The fourth-order valence-electron chi connectivity index (χ4n) is 6.78. The molecule has 0 bridgehead atoms. The summed E-state index contributed by atoms with van der Waals surface area (Å²) in [6.07, 6.45) is 0.802. The van der Waals surface area contributed by atoms with E-state index in [4.69, 9.17) is 9.47 Å². The zero-order valence-electron chi connectivity index (χ0n) is 28.6. The molecule has 10 nitrogen and oxygen atoms in total. The van der Waals surface area contributed by atoms with Crippen molar-refractivity contribution in [1.82, 2.24) is 15.1 Å². The Labute approximate surface area is 274 Å². The summed E-state index contributed by atoms with van der Waals surface area (Å²) in [5.41, 5.74) is -1.70. The molecule has 1 unspecified atom stereocenters. The number of nitrogens with one attached hydrogen (secondary N) is 1. The van der Waals surface area contributed by atoms with Crippen molar-refractivity contribution >= 4 is 57.3 Å². The van der Waals surface area contributed by atoms with Crippen LogP contribution in [0.4, 0.5) is 4.39 Å². The fraction of sp³-hybridized carbons (Fsp3) is 0.500. The smallest absolute Gasteiger partial charge is 0.254 e. The molecular formula is C30H43B5FN3O7. The molecule has 4 rings (SSSR count). The average molecular weight is 631 g/mol. The van der Waals surface area contributed by atoms with Crippen molar-refractivity contribution < 1.29 is 38.5 Å². The number of halogens is 1. The van der Waals surface area contributed by atoms with Gasteiger partial charge < -0.3 is 34.7 Å². The maximum atomic E-state index is 15.4. The number of rotatable bonds is 10. The number of hydrogen-bond donors (Lipinski definition) is 3. The van der Waals surface area contributed by atoms with E-state index in [1.54, 1.807) is 57.4 Å². The van der Waals surface area contributed by atoms with Gasteiger partial charge in [-0.2, -0.15) is 0 Å². The summed E-state index contributed by atoms with van der Waals surface area (Å²) in [5, 5.41) is 23.0. The van der Waals surface area contributed by atoms with Gasteiger partial charge in [0.15, 0.2) is 0 Å². The molecule has 1 fully saturated rings. The van der Waals surface area contributed by atoms with Crippen LogP contribution in [-0.4, -0.2) is 114 Å². The highest BCUT2D eigenvalue weighted by atomic mass is 19.1. The number of benzene rings is 2. The van der Waals surface area contributed by atoms with Gasteiger partial charge in [0.05, 0.1) is 23.2 Å². The number of ether oxygens (including phenoxy) is 2. The molecule has 2 aromatic carbocycles. The number of amides is 2. The molecule has 2 aromatic rings. The predicted molar refractivity (Wildman–Crippen MR) is 185 cm³/mol. The van der Waals surface area contributed by atoms with Crippen LogP contribution < -0.4 is 10.1 Å². The third kappa shape index (κ3) is 6.05. The minimum Gasteiger partial charge on any atom is -0.488 e. The van der Waals surface area contributed by atoms with Crippen molar-refractivity contribution in [2.45, 2.75) is 73.8 Å². The Morgan fingerprint density at radius 1 is 1.09 bits per heavy atom. The van der Waals surface area contributed by atoms with E-state index < -0.39 is 44.7 Å². The highest BCUT2D eigenvalue weighted by molar-refractivity contribution is 6.63. The molecule has 0 aromatic heterocycles. The van der Waals surface area contributed by atoms with Crippen molar-refractivity contribution in [3.05, 3.63) is 64.5 Å². The third-order valence-electron chi connectivity index (χ3n) is 10.2. The Balaban J connectivity index is 1.59. The molecule has 1 saturated heterocycles. The highest BCUT2D eigenvalue weighted by Gasteiger charge is 2.59. The monoisotopic (exact) mass is 631 g/mol. The Hall–Kier alpha value is -3.06. The SMILES string of the molecule is BC(B)(C=O)C(B)(B)C(B)(C(=O)NC)N1Cc2c(OCc3ccc(C(O)(O)N4CC(C)(C)OC(C)(C)C4)cc3F)cccc2C1=O. The van der Waals surface area contributed by atoms with Crippen LogP contribution in [0.15, 0.2) is 36.4 Å². The van der Waals surface area contributed by atoms with Crippen LogP contribution in [-0.2, 0) is 33.4 Å². The van der Waals surface area contributed by atoms with Gasteiger partial charge in [0.1, 0.15) is 63.7 Å². The second-order valence-corrected chi connectivity index (χ2v) is 15.0. The summed E-state index contributed by atoms with van der Waals surface area (Å²) < 4.78 is 27.5. The van der Waals surface area contributed by atoms with Gasteiger partial charge >= 0.3 is 0 Å². The quantitative estimate of drug-likeness (QED) is 0.148. The van der Waals surface area contributed by atoms with Crippen LogP contribution in [0.25, 0.3) is 0 Å². The first-order valence-electron chi connectivity index (χ1n) is 15.5. The van der Waals surface area contributed by atoms with Gasteiger partial charge in [-0.25, -0.2) is 9.29 Å². The molecule has 0 radical (unpaired) electrons. The number of aldehydes is 1. The van der Waals surface area contributed by atoms with Crippen LogP contribution in [0, 0.1) is 5.82 Å². The van der Waals surface area contributed by atoms with Crippen molar-refractivity contribution in [2.24, 2.45) is 0 Å². The molecule has 2 heterocycles. The van der Waals surface area contributed by atoms with E-state index in [1.165, 1.54) is 29.0 Å². The first kappa shape index (κ1) is 35.8. The molecule has 0 aliphatic carbocycles. The second kappa shape index (κ2) is 11.9. The van der Waals surface area contributed by atoms with E-state index >= 15 is 4.39 Å². The predicted octanol–water partition coefficient (Wildman–Crippen LogP) is -2.62. The molecule has 2 amide bonds. The summed E-state index contributed by atoms with van der Waals surface area (Å²) in [7, 11) is 10.2. The fourth-order valence-corrected chi connectivity index (χ4v) is 6.78. The maximum absolute atomic E-state index is 15.4. The van der Waals surface area contributed by atoms with Crippen molar-refractivity contribution in [3.8, 4) is 5.75 Å². The van der Waals surface area contributed by atoms with Crippen LogP contribution in [0.3, 0.4) is 0 Å². The van der Waals surface area contributed by atoms with Gasteiger partial charge in [0, 0.05) is 42.4 Å². The second-order valence-electron chi connectivity index (χ2n) is 15.0. The van der Waals surface area contributed by atoms with Crippen LogP contribution in [0.5, 0.6) is 5.75 Å². The Morgan fingerprint density at radius 2 is 1.70 bits per heavy atom. The first-order valence-corrected chi connectivity index (χ1v) is 15.5. The van der Waals surface area contributed by atoms with E-state index in [1.807, 2.05) is 27.7 Å². The highest BCUT2D eigenvalue weighted by Crippen LogP contribution is 2.52. The van der Waals surface area contributed by atoms with Crippen molar-refractivity contribution in [3.63, 3.8) is 0 Å². The Morgan fingerprint density at radius 3 is 2.24 bits per heavy atom. The summed E-state index contributed by atoms with van der Waals surface area (Å²) in [5.74, 6) is -3.57. The zero-order chi connectivity index (χ0) is 34.7. The Bertz CT molecular complexity index is 1540. The van der Waals surface area contributed by atoms with Crippen molar-refractivity contribution in [1.29, 1.82) is 0 Å². The number of nitrogens with zero attached hydrogens (tertiary/aromatic N) is 2. The molecule has 242 valence electrons. The minimum atomic E-state index is -2.44. The molecule has 3 N–H and O–H groups in total. The van der Waals surface area contributed by atoms with Gasteiger partial charge in [-0.3, -0.25) is 9.59 Å². The molecule has 16 heteroatoms. The first-order chi connectivity index (χ1) is 21.0. The average Bonchev–Trinajstić information content (AvgIpc) is 3.30. The maximum Gasteiger partial charge on any atom is 0.254 e. The Kier molecular flexibility index (Phi) is 9.24. The number of likely N-dealkylation sites (N-methyl/N-ethyl adjacent to an activating group) is 1. The van der Waals surface area contributed by atoms with Gasteiger partial charge in [-0.15, -0.1) is 0 Å². The lowest BCUT2D eigenvalue weighted by atomic mass is 9.23. The van der Waals surface area contributed by atoms with E-state index in [-0.39, 0.29) is 43.3 Å². The van der Waals surface area contributed by atoms with E-state index in [2.05, 4.69) is 5.32 Å². The molecule has 2 aliphatic heterocycles. The molecule has 0 spiro atoms. The number of fused-ring (bicyclic) bond motifs is 1. The van der Waals surface area contributed by atoms with Gasteiger partial charge in [-0.05, 0) is 51.1 Å². The number of aliphatic hydroxyl groups is 2. The number of morpholine rings is 1.